The number of nitrogens with one attached hydrogen (secondary N) is 3. The molecule has 3 amide bonds. The van der Waals surface area contributed by atoms with Gasteiger partial charge in [-0.3, -0.25) is 19.3 Å². The highest BCUT2D eigenvalue weighted by molar-refractivity contribution is 8.00. The molecule has 0 unspecified atom stereocenters. The van der Waals surface area contributed by atoms with Gasteiger partial charge in [0.25, 0.3) is 11.8 Å². The second kappa shape index (κ2) is 19.9. The predicted molar refractivity (Wildman–Crippen MR) is 227 cm³/mol. The maximum Gasteiger partial charge on any atom is 0.341 e. The van der Waals surface area contributed by atoms with Crippen molar-refractivity contribution in [1.82, 2.24) is 10.2 Å². The van der Waals surface area contributed by atoms with Gasteiger partial charge in [-0.1, -0.05) is 54.6 Å². The molecule has 1 aliphatic heterocycles. The van der Waals surface area contributed by atoms with Gasteiger partial charge in [-0.05, 0) is 66.9 Å². The number of hydrogen-bond acceptors (Lipinski definition) is 11. The average molecular weight is 821 g/mol. The van der Waals surface area contributed by atoms with Gasteiger partial charge in [0.1, 0.15) is 16.4 Å². The first kappa shape index (κ1) is 41.5. The molecule has 0 spiro atoms. The molecule has 14 heteroatoms. The maximum atomic E-state index is 13.9. The summed E-state index contributed by atoms with van der Waals surface area (Å²) in [5.74, 6) is -0.563. The van der Waals surface area contributed by atoms with Gasteiger partial charge in [0.15, 0.2) is 11.5 Å². The molecule has 12 nitrogen and oxygen atoms in total. The Hall–Kier alpha value is -6.09. The molecule has 300 valence electrons. The van der Waals surface area contributed by atoms with E-state index < -0.39 is 17.8 Å². The van der Waals surface area contributed by atoms with E-state index >= 15 is 0 Å². The van der Waals surface area contributed by atoms with Crippen LogP contribution in [0.25, 0.3) is 6.08 Å². The summed E-state index contributed by atoms with van der Waals surface area (Å²) in [7, 11) is 4.48. The number of esters is 1. The van der Waals surface area contributed by atoms with Crippen molar-refractivity contribution in [3.63, 3.8) is 0 Å². The van der Waals surface area contributed by atoms with Crippen LogP contribution in [0.1, 0.15) is 49.2 Å². The van der Waals surface area contributed by atoms with E-state index in [1.807, 2.05) is 24.3 Å². The van der Waals surface area contributed by atoms with Crippen LogP contribution in [0.15, 0.2) is 108 Å². The summed E-state index contributed by atoms with van der Waals surface area (Å²) in [5.41, 5.74) is 3.76. The van der Waals surface area contributed by atoms with Crippen LogP contribution in [0.3, 0.4) is 0 Å². The molecule has 58 heavy (non-hydrogen) atoms. The Morgan fingerprint density at radius 3 is 2.24 bits per heavy atom. The standard InChI is InChI=1S/C44H44N4O8S2/c1-5-56-44(52)40-33-19-20-48(25-28-13-8-6-9-14-28)26-38(33)58-43(40)47-39(49)27-57-32-18-12-17-31(23-32)45-42(51)34(46-41(50)29-15-10-7-11-16-29)21-30-22-36(54-3)37(55-4)24-35(30)53-2/h6-18,21-24H,5,19-20,25-27H2,1-4H3,(H,45,51)(H,46,50)(H,47,49)/b34-21+. The van der Waals surface area contributed by atoms with Gasteiger partial charge in [-0.15, -0.1) is 23.1 Å². The molecule has 1 aliphatic rings. The number of rotatable bonds is 16. The van der Waals surface area contributed by atoms with Gasteiger partial charge < -0.3 is 34.9 Å². The summed E-state index contributed by atoms with van der Waals surface area (Å²) in [6.07, 6.45) is 2.16. The molecule has 0 bridgehead atoms. The zero-order valence-corrected chi connectivity index (χ0v) is 34.2. The molecule has 0 fully saturated rings. The normalized spacial score (nSPS) is 12.5. The van der Waals surface area contributed by atoms with Crippen molar-refractivity contribution in [2.75, 3.05) is 50.9 Å². The lowest BCUT2D eigenvalue weighted by molar-refractivity contribution is -0.114. The molecule has 0 aliphatic carbocycles. The van der Waals surface area contributed by atoms with E-state index in [2.05, 4.69) is 33.0 Å². The molecule has 0 saturated heterocycles. The summed E-state index contributed by atoms with van der Waals surface area (Å²) in [5, 5.41) is 9.07. The minimum atomic E-state index is -0.600. The van der Waals surface area contributed by atoms with Crippen molar-refractivity contribution in [3.05, 3.63) is 135 Å². The maximum absolute atomic E-state index is 13.9. The molecule has 0 atom stereocenters. The Balaban J connectivity index is 1.16. The molecular formula is C44H44N4O8S2. The van der Waals surface area contributed by atoms with Crippen LogP contribution in [-0.4, -0.2) is 68.8 Å². The summed E-state index contributed by atoms with van der Waals surface area (Å²) >= 11 is 2.69. The molecular weight excluding hydrogens is 777 g/mol. The summed E-state index contributed by atoms with van der Waals surface area (Å²) in [6.45, 7) is 4.22. The fourth-order valence-corrected chi connectivity index (χ4v) is 8.43. The molecule has 3 N–H and O–H groups in total. The SMILES string of the molecule is CCOC(=O)c1c(NC(=O)CSc2cccc(NC(=O)/C(=C\c3cc(OC)c(OC)cc3OC)NC(=O)c3ccccc3)c2)sc2c1CCN(Cc1ccccc1)C2. The average Bonchev–Trinajstić information content (AvgIpc) is 3.60. The van der Waals surface area contributed by atoms with Crippen molar-refractivity contribution in [2.45, 2.75) is 31.3 Å². The van der Waals surface area contributed by atoms with Gasteiger partial charge in [-0.25, -0.2) is 4.79 Å². The fourth-order valence-electron chi connectivity index (χ4n) is 6.38. The molecule has 0 saturated carbocycles. The number of benzene rings is 4. The van der Waals surface area contributed by atoms with E-state index in [9.17, 15) is 19.2 Å². The smallest absolute Gasteiger partial charge is 0.341 e. The molecule has 5 aromatic rings. The van der Waals surface area contributed by atoms with Crippen LogP contribution in [0.5, 0.6) is 17.2 Å². The topological polar surface area (TPSA) is 145 Å². The highest BCUT2D eigenvalue weighted by Gasteiger charge is 2.30. The number of carbonyl (C=O) groups excluding carboxylic acids is 4. The number of thiophene rings is 1. The van der Waals surface area contributed by atoms with Gasteiger partial charge in [0.05, 0.1) is 39.3 Å². The van der Waals surface area contributed by atoms with Crippen LogP contribution in [-0.2, 0) is 33.8 Å². The lowest BCUT2D eigenvalue weighted by Crippen LogP contribution is -2.30. The van der Waals surface area contributed by atoms with Crippen molar-refractivity contribution >= 4 is 63.6 Å². The number of carbonyl (C=O) groups is 4. The van der Waals surface area contributed by atoms with Crippen LogP contribution in [0, 0.1) is 0 Å². The molecule has 1 aromatic heterocycles. The zero-order chi connectivity index (χ0) is 41.0. The van der Waals surface area contributed by atoms with Crippen molar-refractivity contribution in [2.24, 2.45) is 0 Å². The van der Waals surface area contributed by atoms with E-state index in [0.29, 0.717) is 62.5 Å². The van der Waals surface area contributed by atoms with Crippen molar-refractivity contribution in [3.8, 4) is 17.2 Å². The Bertz CT molecular complexity index is 2300. The molecule has 4 aromatic carbocycles. The van der Waals surface area contributed by atoms with Crippen LogP contribution in [0.4, 0.5) is 10.7 Å². The third kappa shape index (κ3) is 10.4. The van der Waals surface area contributed by atoms with Crippen LogP contribution < -0.4 is 30.2 Å². The largest absolute Gasteiger partial charge is 0.496 e. The van der Waals surface area contributed by atoms with E-state index in [0.717, 1.165) is 23.5 Å². The Morgan fingerprint density at radius 2 is 1.53 bits per heavy atom. The van der Waals surface area contributed by atoms with Gasteiger partial charge in [0, 0.05) is 52.3 Å². The summed E-state index contributed by atoms with van der Waals surface area (Å²) in [4.78, 5) is 57.8. The Kier molecular flexibility index (Phi) is 14.2. The van der Waals surface area contributed by atoms with Gasteiger partial charge in [-0.2, -0.15) is 0 Å². The Morgan fingerprint density at radius 1 is 0.828 bits per heavy atom. The number of methoxy groups -OCH3 is 3. The van der Waals surface area contributed by atoms with Crippen LogP contribution >= 0.6 is 23.1 Å². The predicted octanol–water partition coefficient (Wildman–Crippen LogP) is 7.65. The highest BCUT2D eigenvalue weighted by Crippen LogP contribution is 2.39. The quantitative estimate of drug-likeness (QED) is 0.0516. The minimum absolute atomic E-state index is 0.0414. The summed E-state index contributed by atoms with van der Waals surface area (Å²) in [6, 6.07) is 29.1. The van der Waals surface area contributed by atoms with Gasteiger partial charge >= 0.3 is 5.97 Å². The van der Waals surface area contributed by atoms with E-state index in [4.69, 9.17) is 18.9 Å². The number of hydrogen-bond donors (Lipinski definition) is 3. The van der Waals surface area contributed by atoms with Crippen molar-refractivity contribution < 1.29 is 38.1 Å². The number of amides is 3. The van der Waals surface area contributed by atoms with E-state index in [-0.39, 0.29) is 24.0 Å². The first-order chi connectivity index (χ1) is 28.2. The number of anilines is 2. The molecule has 6 rings (SSSR count). The van der Waals surface area contributed by atoms with E-state index in [1.54, 1.807) is 67.6 Å². The summed E-state index contributed by atoms with van der Waals surface area (Å²) < 4.78 is 21.9. The monoisotopic (exact) mass is 820 g/mol. The third-order valence-electron chi connectivity index (χ3n) is 9.14. The Labute approximate surface area is 345 Å². The lowest BCUT2D eigenvalue weighted by atomic mass is 10.0. The van der Waals surface area contributed by atoms with Gasteiger partial charge in [0.2, 0.25) is 5.91 Å². The first-order valence-electron chi connectivity index (χ1n) is 18.5. The number of nitrogens with zero attached hydrogens (tertiary/aromatic N) is 1. The van der Waals surface area contributed by atoms with E-state index in [1.165, 1.54) is 56.1 Å². The highest BCUT2D eigenvalue weighted by atomic mass is 32.2. The second-order valence-corrected chi connectivity index (χ2v) is 15.2. The fraction of sp³-hybridized carbons (Fsp3) is 0.227. The second-order valence-electron chi connectivity index (χ2n) is 13.0. The first-order valence-corrected chi connectivity index (χ1v) is 20.3. The minimum Gasteiger partial charge on any atom is -0.496 e. The molecule has 2 heterocycles. The van der Waals surface area contributed by atoms with Crippen LogP contribution in [0.2, 0.25) is 0 Å². The third-order valence-corrected chi connectivity index (χ3v) is 11.3. The number of thioether (sulfide) groups is 1. The zero-order valence-electron chi connectivity index (χ0n) is 32.6. The number of ether oxygens (including phenoxy) is 4. The van der Waals surface area contributed by atoms with Crippen molar-refractivity contribution in [1.29, 1.82) is 0 Å². The number of fused-ring (bicyclic) bond motifs is 1. The lowest BCUT2D eigenvalue weighted by Gasteiger charge is -2.27. The molecule has 0 radical (unpaired) electrons.